The van der Waals surface area contributed by atoms with Gasteiger partial charge in [-0.25, -0.2) is 28.2 Å². The monoisotopic (exact) mass is 431 g/mol. The fraction of sp³-hybridized carbons (Fsp3) is 0.238. The molecule has 30 heavy (non-hydrogen) atoms. The van der Waals surface area contributed by atoms with Crippen molar-refractivity contribution < 1.29 is 33.3 Å². The van der Waals surface area contributed by atoms with E-state index in [0.717, 1.165) is 57.5 Å². The van der Waals surface area contributed by atoms with Gasteiger partial charge >= 0.3 is 0 Å². The lowest BCUT2D eigenvalue weighted by Crippen LogP contribution is -2.68. The Kier molecular flexibility index (Phi) is 6.55. The molecule has 0 unspecified atom stereocenters. The number of nitrogens with one attached hydrogen (secondary N) is 1. The van der Waals surface area contributed by atoms with Crippen molar-refractivity contribution in [3.8, 4) is 11.5 Å². The summed E-state index contributed by atoms with van der Waals surface area (Å²) >= 11 is 0. The highest BCUT2D eigenvalue weighted by Gasteiger charge is 2.14. The van der Waals surface area contributed by atoms with Crippen molar-refractivity contribution >= 4 is 27.6 Å². The quantitative estimate of drug-likeness (QED) is 0.254. The molecule has 0 fully saturated rings. The predicted molar refractivity (Wildman–Crippen MR) is 104 cm³/mol. The second kappa shape index (κ2) is 8.95. The summed E-state index contributed by atoms with van der Waals surface area (Å²) < 4.78 is 42.5. The molecular weight excluding hydrogens is 410 g/mol. The third-order valence-electron chi connectivity index (χ3n) is 4.77. The van der Waals surface area contributed by atoms with E-state index in [4.69, 9.17) is 28.0 Å². The van der Waals surface area contributed by atoms with Crippen LogP contribution in [0.25, 0.3) is 33.3 Å². The summed E-state index contributed by atoms with van der Waals surface area (Å²) in [7, 11) is -3.01. The number of hydrogen-bond donors (Lipinski definition) is 1. The number of rotatable bonds is 3. The number of aromatic nitrogens is 1. The molecule has 9 heteroatoms. The van der Waals surface area contributed by atoms with Crippen LogP contribution in [-0.2, 0) is 0 Å². The summed E-state index contributed by atoms with van der Waals surface area (Å²) in [6, 6.07) is 16.6. The van der Waals surface area contributed by atoms with Gasteiger partial charge in [0, 0.05) is 35.6 Å². The summed E-state index contributed by atoms with van der Waals surface area (Å²) in [5.41, 5.74) is 3.63. The average molecular weight is 432 g/mol. The molecule has 1 aliphatic carbocycles. The van der Waals surface area contributed by atoms with Crippen LogP contribution in [0.2, 0.25) is 0 Å². The van der Waals surface area contributed by atoms with E-state index in [9.17, 15) is 0 Å². The zero-order valence-electron chi connectivity index (χ0n) is 16.8. The Morgan fingerprint density at radius 3 is 2.20 bits per heavy atom. The normalized spacial score (nSPS) is 11.4. The van der Waals surface area contributed by atoms with E-state index in [1.54, 1.807) is 0 Å². The highest BCUT2D eigenvalue weighted by Crippen LogP contribution is 2.33. The van der Waals surface area contributed by atoms with Gasteiger partial charge in [-0.2, -0.15) is 0 Å². The van der Waals surface area contributed by atoms with Crippen LogP contribution in [-0.4, -0.2) is 25.1 Å². The lowest BCUT2D eigenvalue weighted by Gasteiger charge is -2.17. The van der Waals surface area contributed by atoms with Crippen LogP contribution >= 0.6 is 0 Å². The first-order valence-corrected chi connectivity index (χ1v) is 10.6. The molecule has 2 aromatic carbocycles. The number of halogens is 1. The van der Waals surface area contributed by atoms with Crippen molar-refractivity contribution in [1.29, 1.82) is 0 Å². The first kappa shape index (κ1) is 21.9. The van der Waals surface area contributed by atoms with Gasteiger partial charge in [0.15, 0.2) is 11.3 Å². The highest BCUT2D eigenvalue weighted by atomic mass is 35.7. The fourth-order valence-electron chi connectivity index (χ4n) is 3.44. The van der Waals surface area contributed by atoms with E-state index in [0.29, 0.717) is 0 Å². The molecule has 1 heterocycles. The third-order valence-corrected chi connectivity index (χ3v) is 4.77. The molecule has 0 radical (unpaired) electrons. The van der Waals surface area contributed by atoms with Gasteiger partial charge in [0.25, 0.3) is 0 Å². The predicted octanol–water partition coefficient (Wildman–Crippen LogP) is -0.816. The minimum absolute atomic E-state index is 0.798. The molecule has 0 saturated carbocycles. The number of nitrogens with zero attached hydrogens (tertiary/aromatic N) is 2. The lowest BCUT2D eigenvalue weighted by atomic mass is 10.1. The van der Waals surface area contributed by atoms with Crippen LogP contribution in [0.4, 0.5) is 5.69 Å². The van der Waals surface area contributed by atoms with Gasteiger partial charge in [-0.3, -0.25) is 0 Å². The molecular formula is C21H22ClN3O5. The molecule has 0 saturated heterocycles. The fourth-order valence-corrected chi connectivity index (χ4v) is 3.44. The molecule has 1 aliphatic heterocycles. The molecule has 0 amide bonds. The largest absolute Gasteiger partial charge is 0.452 e. The first-order chi connectivity index (χ1) is 14.2. The molecule has 0 aromatic heterocycles. The maximum absolute atomic E-state index is 8.49. The number of benzene rings is 3. The molecule has 2 aromatic rings. The van der Waals surface area contributed by atoms with Crippen molar-refractivity contribution in [3.63, 3.8) is 0 Å². The molecule has 8 nitrogen and oxygen atoms in total. The molecule has 4 rings (SSSR count). The molecule has 0 atom stereocenters. The van der Waals surface area contributed by atoms with Crippen molar-refractivity contribution in [3.05, 3.63) is 53.9 Å². The van der Waals surface area contributed by atoms with Gasteiger partial charge in [0.1, 0.15) is 24.3 Å². The van der Waals surface area contributed by atoms with E-state index in [1.165, 1.54) is 0 Å². The van der Waals surface area contributed by atoms with Gasteiger partial charge < -0.3 is 9.73 Å². The van der Waals surface area contributed by atoms with E-state index < -0.39 is 10.2 Å². The van der Waals surface area contributed by atoms with E-state index in [2.05, 4.69) is 48.0 Å². The second-order valence-corrected chi connectivity index (χ2v) is 7.24. The first-order valence-electron chi connectivity index (χ1n) is 9.39. The van der Waals surface area contributed by atoms with Crippen LogP contribution in [0.5, 0.6) is 0 Å². The Morgan fingerprint density at radius 2 is 1.60 bits per heavy atom. The van der Waals surface area contributed by atoms with Gasteiger partial charge in [0.05, 0.1) is 6.07 Å². The third kappa shape index (κ3) is 4.86. The number of anilines is 1. The Labute approximate surface area is 175 Å². The van der Waals surface area contributed by atoms with Crippen LogP contribution in [0.1, 0.15) is 13.8 Å². The molecule has 158 valence electrons. The Morgan fingerprint density at radius 1 is 0.967 bits per heavy atom. The van der Waals surface area contributed by atoms with Gasteiger partial charge in [-0.1, -0.05) is 24.3 Å². The minimum Gasteiger partial charge on any atom is -0.452 e. The van der Waals surface area contributed by atoms with Gasteiger partial charge in [0.2, 0.25) is 5.36 Å². The summed E-state index contributed by atoms with van der Waals surface area (Å²) in [4.78, 5) is 4.89. The zero-order valence-corrected chi connectivity index (χ0v) is 17.6. The summed E-state index contributed by atoms with van der Waals surface area (Å²) in [6.45, 7) is 6.26. The lowest BCUT2D eigenvalue weighted by molar-refractivity contribution is -2.00. The minimum atomic E-state index is -4.94. The van der Waals surface area contributed by atoms with Crippen LogP contribution in [0.3, 0.4) is 0 Å². The Bertz CT molecular complexity index is 1200. The second-order valence-electron chi connectivity index (χ2n) is 6.48. The van der Waals surface area contributed by atoms with E-state index in [-0.39, 0.29) is 0 Å². The molecule has 2 aliphatic rings. The average Bonchev–Trinajstić information content (AvgIpc) is 2.71. The molecule has 0 spiro atoms. The molecule has 1 N–H and O–H groups in total. The van der Waals surface area contributed by atoms with Crippen LogP contribution in [0, 0.1) is 10.2 Å². The number of fused-ring (bicyclic) bond motifs is 4. The maximum atomic E-state index is 8.49. The van der Waals surface area contributed by atoms with E-state index in [1.807, 2.05) is 31.3 Å². The Hall–Kier alpha value is -2.75. The van der Waals surface area contributed by atoms with Crippen molar-refractivity contribution in [1.82, 2.24) is 9.56 Å². The van der Waals surface area contributed by atoms with Gasteiger partial charge in [-0.05, 0) is 19.9 Å². The van der Waals surface area contributed by atoms with Crippen LogP contribution in [0.15, 0.2) is 52.9 Å². The van der Waals surface area contributed by atoms with Gasteiger partial charge in [-0.15, -0.1) is 10.2 Å². The maximum Gasteiger partial charge on any atom is 0.203 e. The highest BCUT2D eigenvalue weighted by molar-refractivity contribution is 6.10. The standard InChI is InChI=1S/C21H21N3O.ClHO4/c1-4-24(5-2)14-10-11-17-19(12-14)25-20-13-18(22-3)15-8-6-7-9-16(15)21(20)23-17;2-1(3,4)5/h6-13H,4-5H2,1-3H3;(H,2,3,4,5). The van der Waals surface area contributed by atoms with Crippen molar-refractivity contribution in [2.24, 2.45) is 0 Å². The summed E-state index contributed by atoms with van der Waals surface area (Å²) in [6.07, 6.45) is 0. The van der Waals surface area contributed by atoms with Crippen molar-refractivity contribution in [2.75, 3.05) is 25.5 Å². The van der Waals surface area contributed by atoms with Crippen molar-refractivity contribution in [2.45, 2.75) is 13.8 Å². The van der Waals surface area contributed by atoms with Crippen LogP contribution < -0.4 is 33.9 Å². The molecule has 0 bridgehead atoms. The summed E-state index contributed by atoms with van der Waals surface area (Å²) in [5.74, 6) is 0.814. The van der Waals surface area contributed by atoms with E-state index >= 15 is 0 Å². The summed E-state index contributed by atoms with van der Waals surface area (Å²) in [5, 5.41) is 6.68. The number of hydrogen-bond acceptors (Lipinski definition) is 7. The Balaban J connectivity index is 0.000000461. The SMILES string of the molecule is CC[N+](CC)=c1ccc2nc3c(cc(NC)c4ccccc43)oc-2c1.[O-][Cl+3]([O-])([O-])[O-]. The zero-order chi connectivity index (χ0) is 21.9. The topological polar surface area (TPSA) is 133 Å². The smallest absolute Gasteiger partial charge is 0.203 e.